The summed E-state index contributed by atoms with van der Waals surface area (Å²) >= 11 is 1.28. The minimum Gasteiger partial charge on any atom is -0.365 e. The number of thiophene rings is 1. The highest BCUT2D eigenvalue weighted by Gasteiger charge is 2.17. The smallest absolute Gasteiger partial charge is 0.252 e. The molecule has 0 unspecified atom stereocenters. The van der Waals surface area contributed by atoms with Crippen molar-refractivity contribution in [3.05, 3.63) is 40.8 Å². The standard InChI is InChI=1S/C13H12N2O2S/c1-8-2-4-9(5-3-8)10-6-18-13(15-7-16)11(10)12(14)17/h2-7H,1H3,(H2,14,17)(H,15,16). The van der Waals surface area contributed by atoms with Crippen LogP contribution in [-0.4, -0.2) is 12.3 Å². The van der Waals surface area contributed by atoms with Crippen LogP contribution >= 0.6 is 11.3 Å². The minimum absolute atomic E-state index is 0.357. The highest BCUT2D eigenvalue weighted by atomic mass is 32.1. The molecule has 0 spiro atoms. The number of hydrogen-bond donors (Lipinski definition) is 2. The normalized spacial score (nSPS) is 10.1. The van der Waals surface area contributed by atoms with Crippen LogP contribution in [0.25, 0.3) is 11.1 Å². The van der Waals surface area contributed by atoms with Gasteiger partial charge in [0.05, 0.1) is 5.56 Å². The average molecular weight is 260 g/mol. The van der Waals surface area contributed by atoms with Gasteiger partial charge in [-0.05, 0) is 12.5 Å². The zero-order chi connectivity index (χ0) is 13.1. The summed E-state index contributed by atoms with van der Waals surface area (Å²) in [5, 5.41) is 4.79. The Morgan fingerprint density at radius 2 is 2.00 bits per heavy atom. The number of primary amides is 1. The second-order valence-electron chi connectivity index (χ2n) is 3.85. The van der Waals surface area contributed by atoms with Gasteiger partial charge in [-0.3, -0.25) is 9.59 Å². The van der Waals surface area contributed by atoms with Crippen molar-refractivity contribution in [3.8, 4) is 11.1 Å². The van der Waals surface area contributed by atoms with Crippen LogP contribution in [0.4, 0.5) is 5.00 Å². The molecule has 0 fully saturated rings. The van der Waals surface area contributed by atoms with E-state index in [4.69, 9.17) is 5.73 Å². The Hall–Kier alpha value is -2.14. The molecule has 5 heteroatoms. The van der Waals surface area contributed by atoms with Gasteiger partial charge in [0.25, 0.3) is 5.91 Å². The van der Waals surface area contributed by atoms with Crippen molar-refractivity contribution in [2.75, 3.05) is 5.32 Å². The summed E-state index contributed by atoms with van der Waals surface area (Å²) in [4.78, 5) is 22.0. The van der Waals surface area contributed by atoms with Gasteiger partial charge in [0.15, 0.2) is 0 Å². The van der Waals surface area contributed by atoms with Crippen LogP contribution in [-0.2, 0) is 4.79 Å². The SMILES string of the molecule is Cc1ccc(-c2csc(NC=O)c2C(N)=O)cc1. The molecule has 1 aromatic carbocycles. The van der Waals surface area contributed by atoms with Crippen LogP contribution < -0.4 is 11.1 Å². The number of hydrogen-bond acceptors (Lipinski definition) is 3. The third-order valence-corrected chi connectivity index (χ3v) is 3.50. The molecule has 0 saturated heterocycles. The molecule has 2 aromatic rings. The number of nitrogens with two attached hydrogens (primary N) is 1. The molecule has 2 amide bonds. The number of amides is 2. The van der Waals surface area contributed by atoms with E-state index in [-0.39, 0.29) is 0 Å². The minimum atomic E-state index is -0.545. The van der Waals surface area contributed by atoms with Crippen LogP contribution in [0, 0.1) is 6.92 Å². The number of anilines is 1. The van der Waals surface area contributed by atoms with E-state index in [0.29, 0.717) is 17.0 Å². The first kappa shape index (κ1) is 12.3. The van der Waals surface area contributed by atoms with Gasteiger partial charge >= 0.3 is 0 Å². The Morgan fingerprint density at radius 3 is 2.56 bits per heavy atom. The molecule has 1 heterocycles. The number of carbonyl (C=O) groups excluding carboxylic acids is 2. The number of nitrogens with one attached hydrogen (secondary N) is 1. The summed E-state index contributed by atoms with van der Waals surface area (Å²) in [6.45, 7) is 1.99. The molecule has 0 aliphatic rings. The molecule has 0 bridgehead atoms. The van der Waals surface area contributed by atoms with Gasteiger partial charge in [0.2, 0.25) is 6.41 Å². The second kappa shape index (κ2) is 5.01. The van der Waals surface area contributed by atoms with E-state index in [9.17, 15) is 9.59 Å². The van der Waals surface area contributed by atoms with E-state index in [1.54, 1.807) is 0 Å². The largest absolute Gasteiger partial charge is 0.365 e. The highest BCUT2D eigenvalue weighted by molar-refractivity contribution is 7.15. The van der Waals surface area contributed by atoms with Gasteiger partial charge in [-0.25, -0.2) is 0 Å². The number of carbonyl (C=O) groups is 2. The van der Waals surface area contributed by atoms with Crippen LogP contribution in [0.3, 0.4) is 0 Å². The molecule has 1 aromatic heterocycles. The van der Waals surface area contributed by atoms with E-state index in [2.05, 4.69) is 5.32 Å². The summed E-state index contributed by atoms with van der Waals surface area (Å²) in [6.07, 6.45) is 0.539. The molecule has 0 aliphatic carbocycles. The first-order chi connectivity index (χ1) is 8.63. The van der Waals surface area contributed by atoms with Gasteiger partial charge in [0.1, 0.15) is 5.00 Å². The predicted octanol–water partition coefficient (Wildman–Crippen LogP) is 2.39. The zero-order valence-electron chi connectivity index (χ0n) is 9.77. The van der Waals surface area contributed by atoms with Gasteiger partial charge in [0, 0.05) is 10.9 Å². The Balaban J connectivity index is 2.53. The summed E-state index contributed by atoms with van der Waals surface area (Å²) < 4.78 is 0. The van der Waals surface area contributed by atoms with E-state index in [1.165, 1.54) is 11.3 Å². The van der Waals surface area contributed by atoms with Gasteiger partial charge in [-0.2, -0.15) is 0 Å². The van der Waals surface area contributed by atoms with Gasteiger partial charge in [-0.1, -0.05) is 29.8 Å². The molecule has 0 atom stereocenters. The number of aryl methyl sites for hydroxylation is 1. The van der Waals surface area contributed by atoms with Crippen molar-refractivity contribution in [1.82, 2.24) is 0 Å². The van der Waals surface area contributed by atoms with E-state index in [0.717, 1.165) is 16.7 Å². The number of benzene rings is 1. The molecular weight excluding hydrogens is 248 g/mol. The van der Waals surface area contributed by atoms with Crippen LogP contribution in [0.1, 0.15) is 15.9 Å². The highest BCUT2D eigenvalue weighted by Crippen LogP contribution is 2.35. The number of rotatable bonds is 4. The lowest BCUT2D eigenvalue weighted by molar-refractivity contribution is -0.105. The molecule has 0 radical (unpaired) electrons. The third kappa shape index (κ3) is 2.26. The van der Waals surface area contributed by atoms with E-state index in [1.807, 2.05) is 36.6 Å². The lowest BCUT2D eigenvalue weighted by Crippen LogP contribution is -2.13. The van der Waals surface area contributed by atoms with E-state index >= 15 is 0 Å². The van der Waals surface area contributed by atoms with Crippen LogP contribution in [0.15, 0.2) is 29.6 Å². The van der Waals surface area contributed by atoms with Gasteiger partial charge in [-0.15, -0.1) is 11.3 Å². The zero-order valence-corrected chi connectivity index (χ0v) is 10.6. The molecule has 18 heavy (non-hydrogen) atoms. The first-order valence-electron chi connectivity index (χ1n) is 5.32. The maximum Gasteiger partial charge on any atom is 0.252 e. The van der Waals surface area contributed by atoms with Crippen LogP contribution in [0.5, 0.6) is 0 Å². The molecule has 92 valence electrons. The van der Waals surface area contributed by atoms with Crippen molar-refractivity contribution in [2.45, 2.75) is 6.92 Å². The molecule has 4 nitrogen and oxygen atoms in total. The van der Waals surface area contributed by atoms with Crippen molar-refractivity contribution < 1.29 is 9.59 Å². The van der Waals surface area contributed by atoms with Crippen molar-refractivity contribution in [2.24, 2.45) is 5.73 Å². The molecule has 2 rings (SSSR count). The van der Waals surface area contributed by atoms with Crippen molar-refractivity contribution in [1.29, 1.82) is 0 Å². The molecule has 0 aliphatic heterocycles. The fourth-order valence-corrected chi connectivity index (χ4v) is 2.64. The third-order valence-electron chi connectivity index (χ3n) is 2.59. The second-order valence-corrected chi connectivity index (χ2v) is 4.73. The van der Waals surface area contributed by atoms with Crippen molar-refractivity contribution in [3.63, 3.8) is 0 Å². The Morgan fingerprint density at radius 1 is 1.33 bits per heavy atom. The Kier molecular flexibility index (Phi) is 3.43. The van der Waals surface area contributed by atoms with Crippen LogP contribution in [0.2, 0.25) is 0 Å². The van der Waals surface area contributed by atoms with E-state index < -0.39 is 5.91 Å². The summed E-state index contributed by atoms with van der Waals surface area (Å²) in [7, 11) is 0. The van der Waals surface area contributed by atoms with Crippen molar-refractivity contribution >= 4 is 28.7 Å². The summed E-state index contributed by atoms with van der Waals surface area (Å²) in [6, 6.07) is 7.78. The lowest BCUT2D eigenvalue weighted by Gasteiger charge is -2.04. The predicted molar refractivity (Wildman–Crippen MR) is 72.7 cm³/mol. The lowest BCUT2D eigenvalue weighted by atomic mass is 10.0. The molecule has 0 saturated carbocycles. The topological polar surface area (TPSA) is 72.2 Å². The summed E-state index contributed by atoms with van der Waals surface area (Å²) in [5.74, 6) is -0.545. The maximum absolute atomic E-state index is 11.5. The average Bonchev–Trinajstić information content (AvgIpc) is 2.74. The fraction of sp³-hybridized carbons (Fsp3) is 0.0769. The summed E-state index contributed by atoms with van der Waals surface area (Å²) in [5.41, 5.74) is 8.52. The molecule has 3 N–H and O–H groups in total. The monoisotopic (exact) mass is 260 g/mol. The maximum atomic E-state index is 11.5. The quantitative estimate of drug-likeness (QED) is 0.828. The first-order valence-corrected chi connectivity index (χ1v) is 6.20. The van der Waals surface area contributed by atoms with Gasteiger partial charge < -0.3 is 11.1 Å². The fourth-order valence-electron chi connectivity index (χ4n) is 1.71. The Labute approximate surface area is 108 Å². The molecular formula is C13H12N2O2S. The Bertz CT molecular complexity index is 588.